The van der Waals surface area contributed by atoms with Gasteiger partial charge < -0.3 is 20.3 Å². The predicted octanol–water partition coefficient (Wildman–Crippen LogP) is 5.08. The van der Waals surface area contributed by atoms with Crippen LogP contribution in [-0.4, -0.2) is 38.9 Å². The quantitative estimate of drug-likeness (QED) is 0.308. The number of ether oxygens (including phenoxy) is 1. The molecule has 3 aromatic carbocycles. The van der Waals surface area contributed by atoms with E-state index in [1.54, 1.807) is 6.07 Å². The average Bonchev–Trinajstić information content (AvgIpc) is 3.20. The molecule has 0 saturated carbocycles. The number of carbonyl (C=O) groups excluding carboxylic acids is 1. The number of carbonyl (C=O) groups is 1. The van der Waals surface area contributed by atoms with Gasteiger partial charge in [0.05, 0.1) is 0 Å². The number of nitrogens with zero attached hydrogens (tertiary/aromatic N) is 4. The molecule has 172 valence electrons. The molecular formula is C26H26N6O2. The third kappa shape index (κ3) is 4.55. The zero-order valence-corrected chi connectivity index (χ0v) is 18.8. The smallest absolute Gasteiger partial charge is 0.407 e. The molecule has 1 amide bonds. The molecule has 34 heavy (non-hydrogen) atoms. The monoisotopic (exact) mass is 454 g/mol. The van der Waals surface area contributed by atoms with Crippen LogP contribution in [0, 0.1) is 0 Å². The third-order valence-electron chi connectivity index (χ3n) is 6.39. The van der Waals surface area contributed by atoms with E-state index >= 15 is 0 Å². The highest BCUT2D eigenvalue weighted by atomic mass is 16.5. The molecule has 0 spiro atoms. The van der Waals surface area contributed by atoms with E-state index in [-0.39, 0.29) is 19.1 Å². The van der Waals surface area contributed by atoms with Crippen LogP contribution in [0.1, 0.15) is 22.6 Å². The molecule has 1 saturated heterocycles. The van der Waals surface area contributed by atoms with Crippen molar-refractivity contribution in [3.8, 4) is 11.1 Å². The number of fused-ring (bicyclic) bond motifs is 3. The van der Waals surface area contributed by atoms with E-state index in [0.717, 1.165) is 37.4 Å². The van der Waals surface area contributed by atoms with Gasteiger partial charge in [0.2, 0.25) is 0 Å². The average molecular weight is 455 g/mol. The van der Waals surface area contributed by atoms with Crippen LogP contribution in [0.15, 0.2) is 71.8 Å². The minimum atomic E-state index is -0.472. The minimum Gasteiger partial charge on any atom is -0.449 e. The molecule has 1 aliphatic heterocycles. The first-order valence-corrected chi connectivity index (χ1v) is 11.5. The molecule has 0 aromatic heterocycles. The number of hydrogen-bond acceptors (Lipinski definition) is 5. The largest absolute Gasteiger partial charge is 0.449 e. The number of hydrogen-bond donors (Lipinski definition) is 2. The number of alkyl carbamates (subject to hydrolysis) is 1. The van der Waals surface area contributed by atoms with Gasteiger partial charge in [-0.2, -0.15) is 0 Å². The van der Waals surface area contributed by atoms with Crippen molar-refractivity contribution in [3.63, 3.8) is 0 Å². The lowest BCUT2D eigenvalue weighted by Crippen LogP contribution is -2.43. The lowest BCUT2D eigenvalue weighted by molar-refractivity contribution is 0.142. The molecule has 0 bridgehead atoms. The third-order valence-corrected chi connectivity index (χ3v) is 6.39. The Hall–Kier alpha value is -4.00. The zero-order chi connectivity index (χ0) is 23.3. The molecule has 1 heterocycles. The topological polar surface area (TPSA) is 102 Å². The molecule has 0 radical (unpaired) electrons. The Morgan fingerprint density at radius 2 is 1.74 bits per heavy atom. The zero-order valence-electron chi connectivity index (χ0n) is 18.8. The Morgan fingerprint density at radius 3 is 2.41 bits per heavy atom. The van der Waals surface area contributed by atoms with E-state index in [2.05, 4.69) is 49.8 Å². The van der Waals surface area contributed by atoms with Gasteiger partial charge in [-0.25, -0.2) is 4.79 Å². The Kier molecular flexibility index (Phi) is 6.33. The van der Waals surface area contributed by atoms with E-state index < -0.39 is 6.09 Å². The van der Waals surface area contributed by atoms with Gasteiger partial charge in [-0.15, -0.1) is 0 Å². The van der Waals surface area contributed by atoms with Crippen molar-refractivity contribution in [1.29, 1.82) is 0 Å². The standard InChI is InChI=1S/C26H26N6O2/c27-31-30-19-13-18(14-20(15-19)32-11-9-28-10-12-32)16-29-26(33)34-17-25-23-7-3-1-5-21(23)22-6-2-4-8-24(22)25/h1-8,13-15,25,28H,9-12,16-17H2,(H,29,33). The van der Waals surface area contributed by atoms with Gasteiger partial charge in [-0.05, 0) is 51.5 Å². The molecule has 0 unspecified atom stereocenters. The molecule has 8 heteroatoms. The number of anilines is 1. The fourth-order valence-corrected chi connectivity index (χ4v) is 4.80. The number of rotatable bonds is 6. The highest BCUT2D eigenvalue weighted by Gasteiger charge is 2.29. The van der Waals surface area contributed by atoms with E-state index in [4.69, 9.17) is 10.3 Å². The first kappa shape index (κ1) is 21.8. The summed E-state index contributed by atoms with van der Waals surface area (Å²) >= 11 is 0. The van der Waals surface area contributed by atoms with Crippen molar-refractivity contribution in [1.82, 2.24) is 10.6 Å². The summed E-state index contributed by atoms with van der Waals surface area (Å²) < 4.78 is 5.64. The van der Waals surface area contributed by atoms with Gasteiger partial charge in [0.1, 0.15) is 6.61 Å². The maximum atomic E-state index is 12.6. The van der Waals surface area contributed by atoms with Gasteiger partial charge in [-0.1, -0.05) is 53.6 Å². The normalized spacial score (nSPS) is 14.6. The van der Waals surface area contributed by atoms with Crippen molar-refractivity contribution in [3.05, 3.63) is 93.9 Å². The van der Waals surface area contributed by atoms with Gasteiger partial charge in [0, 0.05) is 54.9 Å². The van der Waals surface area contributed by atoms with Crippen molar-refractivity contribution in [2.45, 2.75) is 12.5 Å². The van der Waals surface area contributed by atoms with Crippen LogP contribution >= 0.6 is 0 Å². The van der Waals surface area contributed by atoms with Crippen LogP contribution in [-0.2, 0) is 11.3 Å². The lowest BCUT2D eigenvalue weighted by atomic mass is 9.98. The number of nitrogens with one attached hydrogen (secondary N) is 2. The molecule has 8 nitrogen and oxygen atoms in total. The van der Waals surface area contributed by atoms with Crippen molar-refractivity contribution >= 4 is 17.5 Å². The fourth-order valence-electron chi connectivity index (χ4n) is 4.80. The Morgan fingerprint density at radius 1 is 1.06 bits per heavy atom. The van der Waals surface area contributed by atoms with Crippen LogP contribution in [0.25, 0.3) is 21.6 Å². The number of piperazine rings is 1. The second kappa shape index (κ2) is 9.87. The summed E-state index contributed by atoms with van der Waals surface area (Å²) in [5.41, 5.74) is 16.0. The van der Waals surface area contributed by atoms with Crippen LogP contribution in [0.4, 0.5) is 16.2 Å². The fraction of sp³-hybridized carbons (Fsp3) is 0.269. The summed E-state index contributed by atoms with van der Waals surface area (Å²) in [6, 6.07) is 22.2. The summed E-state index contributed by atoms with van der Waals surface area (Å²) in [7, 11) is 0. The first-order chi connectivity index (χ1) is 16.7. The molecule has 2 aliphatic rings. The molecule has 5 rings (SSSR count). The SMILES string of the molecule is [N-]=[N+]=Nc1cc(CNC(=O)OCC2c3ccccc3-c3ccccc32)cc(N2CCNCC2)c1. The van der Waals surface area contributed by atoms with Crippen molar-refractivity contribution < 1.29 is 9.53 Å². The van der Waals surface area contributed by atoms with E-state index in [9.17, 15) is 4.79 Å². The highest BCUT2D eigenvalue weighted by Crippen LogP contribution is 2.44. The van der Waals surface area contributed by atoms with Gasteiger partial charge in [0.15, 0.2) is 0 Å². The maximum absolute atomic E-state index is 12.6. The second-order valence-corrected chi connectivity index (χ2v) is 8.46. The van der Waals surface area contributed by atoms with Crippen LogP contribution < -0.4 is 15.5 Å². The van der Waals surface area contributed by atoms with Crippen LogP contribution in [0.2, 0.25) is 0 Å². The van der Waals surface area contributed by atoms with Gasteiger partial charge in [0.25, 0.3) is 0 Å². The summed E-state index contributed by atoms with van der Waals surface area (Å²) in [5, 5.41) is 9.95. The number of amides is 1. The molecule has 2 N–H and O–H groups in total. The van der Waals surface area contributed by atoms with E-state index in [1.807, 2.05) is 36.4 Å². The Labute approximate surface area is 198 Å². The van der Waals surface area contributed by atoms with Gasteiger partial charge in [-0.3, -0.25) is 0 Å². The highest BCUT2D eigenvalue weighted by molar-refractivity contribution is 5.79. The van der Waals surface area contributed by atoms with E-state index in [0.29, 0.717) is 5.69 Å². The summed E-state index contributed by atoms with van der Waals surface area (Å²) in [4.78, 5) is 17.7. The molecule has 1 aliphatic carbocycles. The summed E-state index contributed by atoms with van der Waals surface area (Å²) in [5.74, 6) is 0.0192. The summed E-state index contributed by atoms with van der Waals surface area (Å²) in [6.07, 6.45) is -0.472. The molecule has 0 atom stereocenters. The van der Waals surface area contributed by atoms with Crippen LogP contribution in [0.5, 0.6) is 0 Å². The second-order valence-electron chi connectivity index (χ2n) is 8.46. The Balaban J connectivity index is 1.25. The van der Waals surface area contributed by atoms with E-state index in [1.165, 1.54) is 22.3 Å². The van der Waals surface area contributed by atoms with Crippen LogP contribution in [0.3, 0.4) is 0 Å². The molecular weight excluding hydrogens is 428 g/mol. The lowest BCUT2D eigenvalue weighted by Gasteiger charge is -2.30. The minimum absolute atomic E-state index is 0.0192. The first-order valence-electron chi connectivity index (χ1n) is 11.5. The maximum Gasteiger partial charge on any atom is 0.407 e. The summed E-state index contributed by atoms with van der Waals surface area (Å²) in [6.45, 7) is 4.10. The van der Waals surface area contributed by atoms with Crippen molar-refractivity contribution in [2.24, 2.45) is 5.11 Å². The predicted molar refractivity (Wildman–Crippen MR) is 132 cm³/mol. The molecule has 1 fully saturated rings. The number of benzene rings is 3. The molecule has 3 aromatic rings. The van der Waals surface area contributed by atoms with Gasteiger partial charge >= 0.3 is 6.09 Å². The number of azide groups is 1. The van der Waals surface area contributed by atoms with Crippen molar-refractivity contribution in [2.75, 3.05) is 37.7 Å². The Bertz CT molecular complexity index is 1200.